The quantitative estimate of drug-likeness (QED) is 0.561. The van der Waals surface area contributed by atoms with Gasteiger partial charge in [-0.25, -0.2) is 0 Å². The van der Waals surface area contributed by atoms with E-state index >= 15 is 0 Å². The number of rotatable bonds is 2. The van der Waals surface area contributed by atoms with Crippen LogP contribution in [-0.4, -0.2) is 27.2 Å². The molecule has 2 aromatic carbocycles. The summed E-state index contributed by atoms with van der Waals surface area (Å²) in [6.07, 6.45) is 2.51. The van der Waals surface area contributed by atoms with E-state index in [9.17, 15) is 9.59 Å². The van der Waals surface area contributed by atoms with Gasteiger partial charge in [0.15, 0.2) is 0 Å². The average Bonchev–Trinajstić information content (AvgIpc) is 2.77. The third-order valence-electron chi connectivity index (χ3n) is 3.50. The third kappa shape index (κ3) is 5.99. The fourth-order valence-electron chi connectivity index (χ4n) is 2.29. The Kier molecular flexibility index (Phi) is 7.76. The minimum absolute atomic E-state index is 0.0856. The Bertz CT molecular complexity index is 1000. The van der Waals surface area contributed by atoms with Gasteiger partial charge in [-0.1, -0.05) is 60.7 Å². The van der Waals surface area contributed by atoms with Gasteiger partial charge >= 0.3 is 0 Å². The van der Waals surface area contributed by atoms with Crippen LogP contribution in [0.5, 0.6) is 0 Å². The zero-order chi connectivity index (χ0) is 20.2. The van der Waals surface area contributed by atoms with Crippen LogP contribution >= 0.6 is 0 Å². The van der Waals surface area contributed by atoms with Crippen LogP contribution in [0.3, 0.4) is 0 Å². The largest absolute Gasteiger partial charge is 0.307 e. The number of hydrogen-bond acceptors (Lipinski definition) is 5. The minimum Gasteiger partial charge on any atom is -0.307 e. The summed E-state index contributed by atoms with van der Waals surface area (Å²) in [4.78, 5) is 30.0. The van der Waals surface area contributed by atoms with E-state index in [-0.39, 0.29) is 10.9 Å². The van der Waals surface area contributed by atoms with E-state index in [1.807, 2.05) is 67.5 Å². The molecule has 0 saturated heterocycles. The average molecular weight is 374 g/mol. The van der Waals surface area contributed by atoms with Gasteiger partial charge in [0.1, 0.15) is 6.79 Å². The Morgan fingerprint density at radius 3 is 1.29 bits per heavy atom. The monoisotopic (exact) mass is 374 g/mol. The maximum atomic E-state index is 11.0. The van der Waals surface area contributed by atoms with Crippen molar-refractivity contribution in [2.24, 2.45) is 0 Å². The number of carbonyl (C=O) groups is 1. The van der Waals surface area contributed by atoms with Gasteiger partial charge in [-0.2, -0.15) is 10.2 Å². The Labute approximate surface area is 160 Å². The fourth-order valence-corrected chi connectivity index (χ4v) is 2.29. The number of aromatic amines is 2. The highest BCUT2D eigenvalue weighted by Gasteiger charge is 1.97. The Balaban J connectivity index is 0.000000184. The van der Waals surface area contributed by atoms with Crippen molar-refractivity contribution in [3.8, 4) is 22.5 Å². The lowest BCUT2D eigenvalue weighted by molar-refractivity contribution is -0.0979. The van der Waals surface area contributed by atoms with E-state index in [1.54, 1.807) is 0 Å². The van der Waals surface area contributed by atoms with Crippen LogP contribution < -0.4 is 10.9 Å². The molecule has 0 atom stereocenters. The topological polar surface area (TPSA) is 109 Å². The molecule has 7 heteroatoms. The van der Waals surface area contributed by atoms with E-state index < -0.39 is 0 Å². The molecule has 0 bridgehead atoms. The smallest absolute Gasteiger partial charge is 0.200 e. The van der Waals surface area contributed by atoms with Gasteiger partial charge in [-0.05, 0) is 11.1 Å². The molecule has 0 aliphatic rings. The van der Waals surface area contributed by atoms with Crippen molar-refractivity contribution in [1.29, 1.82) is 0 Å². The molecular weight excluding hydrogens is 356 g/mol. The Hall–Kier alpha value is -4.13. The zero-order valence-corrected chi connectivity index (χ0v) is 14.9. The van der Waals surface area contributed by atoms with Crippen molar-refractivity contribution in [2.45, 2.75) is 0 Å². The molecule has 2 aromatic heterocycles. The van der Waals surface area contributed by atoms with Crippen molar-refractivity contribution < 1.29 is 4.79 Å². The van der Waals surface area contributed by atoms with E-state index in [2.05, 4.69) is 20.4 Å². The molecule has 2 heterocycles. The van der Waals surface area contributed by atoms with Crippen molar-refractivity contribution in [3.63, 3.8) is 0 Å². The number of carbonyl (C=O) groups excluding carboxylic acids is 1. The molecule has 0 aliphatic carbocycles. The van der Waals surface area contributed by atoms with Crippen molar-refractivity contribution in [3.05, 3.63) is 106 Å². The number of H-pyrrole nitrogens is 2. The molecule has 0 aliphatic heterocycles. The van der Waals surface area contributed by atoms with Gasteiger partial charge < -0.3 is 4.79 Å². The number of aromatic nitrogens is 4. The van der Waals surface area contributed by atoms with Crippen LogP contribution in [0.25, 0.3) is 22.5 Å². The lowest BCUT2D eigenvalue weighted by atomic mass is 10.1. The van der Waals surface area contributed by atoms with Crippen molar-refractivity contribution in [1.82, 2.24) is 20.4 Å². The summed E-state index contributed by atoms with van der Waals surface area (Å²) in [5, 5.41) is 13.0. The van der Waals surface area contributed by atoms with Gasteiger partial charge in [0.25, 0.3) is 0 Å². The molecule has 140 valence electrons. The first kappa shape index (κ1) is 20.2. The molecular formula is C21H18N4O3. The van der Waals surface area contributed by atoms with Gasteiger partial charge in [0.2, 0.25) is 10.9 Å². The first-order chi connectivity index (χ1) is 13.7. The molecule has 28 heavy (non-hydrogen) atoms. The second-order valence-electron chi connectivity index (χ2n) is 5.39. The van der Waals surface area contributed by atoms with Gasteiger partial charge in [0.05, 0.1) is 23.8 Å². The predicted octanol–water partition coefficient (Wildman–Crippen LogP) is 2.69. The van der Waals surface area contributed by atoms with Gasteiger partial charge in [-0.3, -0.25) is 19.8 Å². The highest BCUT2D eigenvalue weighted by molar-refractivity contribution is 5.58. The second-order valence-corrected chi connectivity index (χ2v) is 5.39. The summed E-state index contributed by atoms with van der Waals surface area (Å²) >= 11 is 0. The summed E-state index contributed by atoms with van der Waals surface area (Å²) in [7, 11) is 0. The maximum Gasteiger partial charge on any atom is 0.200 e. The van der Waals surface area contributed by atoms with E-state index in [1.165, 1.54) is 24.5 Å². The molecule has 0 saturated carbocycles. The SMILES string of the molecule is C=O.O=c1cn[nH]c(-c2ccccc2)c1.O=c1cn[nH]c(-c2ccccc2)c1. The number of nitrogens with zero attached hydrogens (tertiary/aromatic N) is 2. The molecule has 0 spiro atoms. The third-order valence-corrected chi connectivity index (χ3v) is 3.50. The summed E-state index contributed by atoms with van der Waals surface area (Å²) in [5.41, 5.74) is 3.25. The van der Waals surface area contributed by atoms with Crippen LogP contribution in [0.15, 0.2) is 94.8 Å². The first-order valence-corrected chi connectivity index (χ1v) is 8.21. The van der Waals surface area contributed by atoms with E-state index in [0.717, 1.165) is 22.5 Å². The summed E-state index contributed by atoms with van der Waals surface area (Å²) in [6.45, 7) is 2.00. The normalized spacial score (nSPS) is 9.29. The Morgan fingerprint density at radius 2 is 0.964 bits per heavy atom. The highest BCUT2D eigenvalue weighted by Crippen LogP contribution is 2.13. The van der Waals surface area contributed by atoms with Crippen LogP contribution in [-0.2, 0) is 4.79 Å². The van der Waals surface area contributed by atoms with Crippen LogP contribution in [0.4, 0.5) is 0 Å². The zero-order valence-electron chi connectivity index (χ0n) is 14.9. The number of nitrogens with one attached hydrogen (secondary N) is 2. The fraction of sp³-hybridized carbons (Fsp3) is 0. The second kappa shape index (κ2) is 10.8. The lowest BCUT2D eigenvalue weighted by Gasteiger charge is -1.98. The van der Waals surface area contributed by atoms with Crippen LogP contribution in [0.1, 0.15) is 0 Å². The molecule has 7 nitrogen and oxygen atoms in total. The Morgan fingerprint density at radius 1 is 0.607 bits per heavy atom. The van der Waals surface area contributed by atoms with Crippen molar-refractivity contribution >= 4 is 6.79 Å². The molecule has 4 rings (SSSR count). The lowest BCUT2D eigenvalue weighted by Crippen LogP contribution is -2.01. The van der Waals surface area contributed by atoms with E-state index in [0.29, 0.717) is 0 Å². The molecule has 0 unspecified atom stereocenters. The van der Waals surface area contributed by atoms with Crippen LogP contribution in [0.2, 0.25) is 0 Å². The van der Waals surface area contributed by atoms with Crippen LogP contribution in [0, 0.1) is 0 Å². The number of benzene rings is 2. The summed E-state index contributed by atoms with van der Waals surface area (Å²) < 4.78 is 0. The number of hydrogen-bond donors (Lipinski definition) is 2. The molecule has 0 fully saturated rings. The molecule has 4 aromatic rings. The summed E-state index contributed by atoms with van der Waals surface area (Å²) in [6, 6.07) is 22.3. The summed E-state index contributed by atoms with van der Waals surface area (Å²) in [5.74, 6) is 0. The standard InChI is InChI=1S/2C10H8N2O.CH2O/c2*13-9-6-10(12-11-7-9)8-4-2-1-3-5-8;1-2/h2*1-7H,(H,12,13);1H2. The van der Waals surface area contributed by atoms with E-state index in [4.69, 9.17) is 4.79 Å². The minimum atomic E-state index is -0.0856. The molecule has 2 N–H and O–H groups in total. The first-order valence-electron chi connectivity index (χ1n) is 8.21. The van der Waals surface area contributed by atoms with Gasteiger partial charge in [-0.15, -0.1) is 0 Å². The predicted molar refractivity (Wildman–Crippen MR) is 108 cm³/mol. The van der Waals surface area contributed by atoms with Crippen molar-refractivity contribution in [2.75, 3.05) is 0 Å². The highest BCUT2D eigenvalue weighted by atomic mass is 16.1. The van der Waals surface area contributed by atoms with Gasteiger partial charge in [0, 0.05) is 12.1 Å². The molecule has 0 radical (unpaired) electrons. The maximum absolute atomic E-state index is 11.0. The molecule has 0 amide bonds.